The third-order valence-electron chi connectivity index (χ3n) is 2.50. The van der Waals surface area contributed by atoms with Crippen LogP contribution in [-0.4, -0.2) is 36.1 Å². The number of carbonyl (C=O) groups is 1. The standard InChI is InChI=1S/C12H19N3O2/c1-4-15(5-2)12(16)14-9-10-6-7-11(17-3)13-8-10/h6-8H,4-5,9H2,1-3H3,(H,14,16). The van der Waals surface area contributed by atoms with Crippen molar-refractivity contribution in [3.63, 3.8) is 0 Å². The molecule has 1 aromatic rings. The second kappa shape index (κ2) is 6.73. The van der Waals surface area contributed by atoms with Gasteiger partial charge in [-0.15, -0.1) is 0 Å². The first-order chi connectivity index (χ1) is 8.21. The van der Waals surface area contributed by atoms with E-state index < -0.39 is 0 Å². The summed E-state index contributed by atoms with van der Waals surface area (Å²) in [7, 11) is 1.57. The van der Waals surface area contributed by atoms with Crippen molar-refractivity contribution in [3.05, 3.63) is 23.9 Å². The molecule has 0 aliphatic carbocycles. The third kappa shape index (κ3) is 3.94. The summed E-state index contributed by atoms with van der Waals surface area (Å²) in [6.45, 7) is 5.81. The fourth-order valence-corrected chi connectivity index (χ4v) is 1.44. The molecular formula is C12H19N3O2. The lowest BCUT2D eigenvalue weighted by Crippen LogP contribution is -2.39. The zero-order chi connectivity index (χ0) is 12.7. The molecule has 0 bridgehead atoms. The van der Waals surface area contributed by atoms with Gasteiger partial charge in [0.25, 0.3) is 0 Å². The van der Waals surface area contributed by atoms with Gasteiger partial charge < -0.3 is 15.0 Å². The van der Waals surface area contributed by atoms with Gasteiger partial charge in [0.2, 0.25) is 5.88 Å². The van der Waals surface area contributed by atoms with Gasteiger partial charge in [-0.05, 0) is 19.4 Å². The Balaban J connectivity index is 2.46. The first-order valence-corrected chi connectivity index (χ1v) is 5.73. The maximum atomic E-state index is 11.7. The van der Waals surface area contributed by atoms with E-state index in [2.05, 4.69) is 10.3 Å². The van der Waals surface area contributed by atoms with Crippen LogP contribution in [-0.2, 0) is 6.54 Å². The summed E-state index contributed by atoms with van der Waals surface area (Å²) < 4.78 is 4.96. The van der Waals surface area contributed by atoms with E-state index in [1.807, 2.05) is 19.9 Å². The van der Waals surface area contributed by atoms with Gasteiger partial charge in [-0.1, -0.05) is 6.07 Å². The minimum absolute atomic E-state index is 0.0502. The number of nitrogens with one attached hydrogen (secondary N) is 1. The molecule has 0 aliphatic rings. The van der Waals surface area contributed by atoms with Gasteiger partial charge in [-0.2, -0.15) is 0 Å². The lowest BCUT2D eigenvalue weighted by Gasteiger charge is -2.19. The smallest absolute Gasteiger partial charge is 0.317 e. The van der Waals surface area contributed by atoms with Crippen LogP contribution in [0.4, 0.5) is 4.79 Å². The minimum Gasteiger partial charge on any atom is -0.481 e. The number of pyridine rings is 1. The van der Waals surface area contributed by atoms with Crippen LogP contribution in [0.2, 0.25) is 0 Å². The Morgan fingerprint density at radius 2 is 2.12 bits per heavy atom. The van der Waals surface area contributed by atoms with Crippen molar-refractivity contribution in [1.82, 2.24) is 15.2 Å². The first kappa shape index (κ1) is 13.3. The van der Waals surface area contributed by atoms with Crippen molar-refractivity contribution >= 4 is 6.03 Å². The topological polar surface area (TPSA) is 54.5 Å². The fourth-order valence-electron chi connectivity index (χ4n) is 1.44. The number of ether oxygens (including phenoxy) is 1. The molecule has 0 saturated carbocycles. The summed E-state index contributed by atoms with van der Waals surface area (Å²) in [5.41, 5.74) is 0.950. The molecule has 5 nitrogen and oxygen atoms in total. The molecule has 0 atom stereocenters. The molecule has 0 radical (unpaired) electrons. The molecule has 1 rings (SSSR count). The number of nitrogens with zero attached hydrogens (tertiary/aromatic N) is 2. The third-order valence-corrected chi connectivity index (χ3v) is 2.50. The molecule has 0 spiro atoms. The predicted octanol–water partition coefficient (Wildman–Crippen LogP) is 1.64. The predicted molar refractivity (Wildman–Crippen MR) is 65.9 cm³/mol. The quantitative estimate of drug-likeness (QED) is 0.847. The molecular weight excluding hydrogens is 218 g/mol. The highest BCUT2D eigenvalue weighted by Gasteiger charge is 2.08. The van der Waals surface area contributed by atoms with E-state index in [9.17, 15) is 4.79 Å². The van der Waals surface area contributed by atoms with Crippen LogP contribution in [0.3, 0.4) is 0 Å². The molecule has 94 valence electrons. The number of hydrogen-bond donors (Lipinski definition) is 1. The van der Waals surface area contributed by atoms with Crippen molar-refractivity contribution in [2.75, 3.05) is 20.2 Å². The van der Waals surface area contributed by atoms with E-state index in [1.54, 1.807) is 24.3 Å². The van der Waals surface area contributed by atoms with Crippen LogP contribution in [0.5, 0.6) is 5.88 Å². The maximum absolute atomic E-state index is 11.7. The number of methoxy groups -OCH3 is 1. The zero-order valence-corrected chi connectivity index (χ0v) is 10.6. The molecule has 0 unspecified atom stereocenters. The molecule has 0 fully saturated rings. The highest BCUT2D eigenvalue weighted by Crippen LogP contribution is 2.06. The van der Waals surface area contributed by atoms with Crippen LogP contribution >= 0.6 is 0 Å². The van der Waals surface area contributed by atoms with Gasteiger partial charge in [0.1, 0.15) is 0 Å². The summed E-state index contributed by atoms with van der Waals surface area (Å²) in [4.78, 5) is 17.5. The fraction of sp³-hybridized carbons (Fsp3) is 0.500. The van der Waals surface area contributed by atoms with Crippen LogP contribution in [0, 0.1) is 0 Å². The molecule has 5 heteroatoms. The van der Waals surface area contributed by atoms with Gasteiger partial charge in [0.15, 0.2) is 0 Å². The highest BCUT2D eigenvalue weighted by molar-refractivity contribution is 5.74. The molecule has 0 aromatic carbocycles. The average molecular weight is 237 g/mol. The second-order valence-electron chi connectivity index (χ2n) is 3.54. The number of aromatic nitrogens is 1. The SMILES string of the molecule is CCN(CC)C(=O)NCc1ccc(OC)nc1. The molecule has 1 heterocycles. The molecule has 1 aromatic heterocycles. The van der Waals surface area contributed by atoms with Crippen molar-refractivity contribution in [2.45, 2.75) is 20.4 Å². The summed E-state index contributed by atoms with van der Waals surface area (Å²) in [5.74, 6) is 0.573. The Kier molecular flexibility index (Phi) is 5.26. The number of rotatable bonds is 5. The molecule has 1 N–H and O–H groups in total. The van der Waals surface area contributed by atoms with Crippen LogP contribution in [0.1, 0.15) is 19.4 Å². The number of amides is 2. The van der Waals surface area contributed by atoms with E-state index >= 15 is 0 Å². The Labute approximate surface area is 102 Å². The van der Waals surface area contributed by atoms with Crippen molar-refractivity contribution in [3.8, 4) is 5.88 Å². The molecule has 17 heavy (non-hydrogen) atoms. The van der Waals surface area contributed by atoms with Gasteiger partial charge in [-0.3, -0.25) is 0 Å². The largest absolute Gasteiger partial charge is 0.481 e. The lowest BCUT2D eigenvalue weighted by atomic mass is 10.3. The number of hydrogen-bond acceptors (Lipinski definition) is 3. The molecule has 2 amide bonds. The second-order valence-corrected chi connectivity index (χ2v) is 3.54. The maximum Gasteiger partial charge on any atom is 0.317 e. The summed E-state index contributed by atoms with van der Waals surface area (Å²) in [6, 6.07) is 3.61. The number of carbonyl (C=O) groups excluding carboxylic acids is 1. The lowest BCUT2D eigenvalue weighted by molar-refractivity contribution is 0.203. The van der Waals surface area contributed by atoms with Crippen molar-refractivity contribution in [2.24, 2.45) is 0 Å². The first-order valence-electron chi connectivity index (χ1n) is 5.73. The van der Waals surface area contributed by atoms with Crippen molar-refractivity contribution in [1.29, 1.82) is 0 Å². The zero-order valence-electron chi connectivity index (χ0n) is 10.6. The Bertz CT molecular complexity index is 347. The van der Waals surface area contributed by atoms with Crippen LogP contribution in [0.25, 0.3) is 0 Å². The van der Waals surface area contributed by atoms with E-state index in [0.717, 1.165) is 5.56 Å². The Morgan fingerprint density at radius 1 is 1.41 bits per heavy atom. The highest BCUT2D eigenvalue weighted by atomic mass is 16.5. The summed E-state index contributed by atoms with van der Waals surface area (Å²) in [5, 5.41) is 2.84. The van der Waals surface area contributed by atoms with Crippen LogP contribution in [0.15, 0.2) is 18.3 Å². The van der Waals surface area contributed by atoms with E-state index in [0.29, 0.717) is 25.5 Å². The Morgan fingerprint density at radius 3 is 2.59 bits per heavy atom. The summed E-state index contributed by atoms with van der Waals surface area (Å²) in [6.07, 6.45) is 1.70. The molecule has 0 saturated heterocycles. The van der Waals surface area contributed by atoms with Crippen molar-refractivity contribution < 1.29 is 9.53 Å². The average Bonchev–Trinajstić information content (AvgIpc) is 2.38. The van der Waals surface area contributed by atoms with E-state index in [4.69, 9.17) is 4.74 Å². The van der Waals surface area contributed by atoms with Gasteiger partial charge in [-0.25, -0.2) is 9.78 Å². The van der Waals surface area contributed by atoms with Gasteiger partial charge >= 0.3 is 6.03 Å². The molecule has 0 aliphatic heterocycles. The number of urea groups is 1. The van der Waals surface area contributed by atoms with Crippen LogP contribution < -0.4 is 10.1 Å². The minimum atomic E-state index is -0.0502. The van der Waals surface area contributed by atoms with E-state index in [-0.39, 0.29) is 6.03 Å². The summed E-state index contributed by atoms with van der Waals surface area (Å²) >= 11 is 0. The van der Waals surface area contributed by atoms with E-state index in [1.165, 1.54) is 0 Å². The monoisotopic (exact) mass is 237 g/mol. The Hall–Kier alpha value is -1.78. The van der Waals surface area contributed by atoms with Gasteiger partial charge in [0, 0.05) is 31.9 Å². The normalized spacial score (nSPS) is 9.82. The van der Waals surface area contributed by atoms with Gasteiger partial charge in [0.05, 0.1) is 7.11 Å².